The Morgan fingerprint density at radius 1 is 1.21 bits per heavy atom. The zero-order valence-electron chi connectivity index (χ0n) is 18.4. The molecule has 3 aliphatic rings. The van der Waals surface area contributed by atoms with Gasteiger partial charge in [-0.3, -0.25) is 10.2 Å². The second kappa shape index (κ2) is 9.55. The maximum atomic E-state index is 12.7. The molecule has 0 atom stereocenters. The van der Waals surface area contributed by atoms with Crippen molar-refractivity contribution < 1.29 is 19.1 Å². The molecule has 3 heterocycles. The molecule has 1 aromatic heterocycles. The van der Waals surface area contributed by atoms with E-state index in [0.717, 1.165) is 17.9 Å². The van der Waals surface area contributed by atoms with E-state index in [-0.39, 0.29) is 17.2 Å². The number of fused-ring (bicyclic) bond motifs is 1. The summed E-state index contributed by atoms with van der Waals surface area (Å²) >= 11 is 2.69. The topological polar surface area (TPSA) is 104 Å². The monoisotopic (exact) mass is 494 g/mol. The van der Waals surface area contributed by atoms with E-state index < -0.39 is 11.9 Å². The van der Waals surface area contributed by atoms with Gasteiger partial charge in [0.05, 0.1) is 12.7 Å². The molecule has 34 heavy (non-hydrogen) atoms. The van der Waals surface area contributed by atoms with Crippen molar-refractivity contribution in [3.63, 3.8) is 0 Å². The van der Waals surface area contributed by atoms with Crippen molar-refractivity contribution in [2.45, 2.75) is 32.1 Å². The zero-order valence-corrected chi connectivity index (χ0v) is 20.1. The van der Waals surface area contributed by atoms with Gasteiger partial charge in [-0.05, 0) is 59.8 Å². The molecular weight excluding hydrogens is 472 g/mol. The second-order valence-electron chi connectivity index (χ2n) is 8.07. The molecule has 5 rings (SSSR count). The number of thiophene rings is 1. The largest absolute Gasteiger partial charge is 0.493 e. The van der Waals surface area contributed by atoms with Crippen molar-refractivity contribution in [2.24, 2.45) is 16.0 Å². The third kappa shape index (κ3) is 4.43. The summed E-state index contributed by atoms with van der Waals surface area (Å²) in [5.41, 5.74) is 0.756. The number of hydrazone groups is 1. The molecule has 1 aliphatic carbocycles. The Morgan fingerprint density at radius 3 is 2.76 bits per heavy atom. The summed E-state index contributed by atoms with van der Waals surface area (Å²) in [6.07, 6.45) is 7.35. The lowest BCUT2D eigenvalue weighted by Crippen LogP contribution is -2.35. The summed E-state index contributed by atoms with van der Waals surface area (Å²) in [4.78, 5) is 29.7. The normalized spacial score (nSPS) is 19.7. The van der Waals surface area contributed by atoms with Crippen molar-refractivity contribution in [3.8, 4) is 11.5 Å². The smallest absolute Gasteiger partial charge is 0.353 e. The van der Waals surface area contributed by atoms with Gasteiger partial charge in [-0.25, -0.2) is 4.79 Å². The molecular formula is C24H22N4O4S2. The highest BCUT2D eigenvalue weighted by atomic mass is 32.2. The minimum absolute atomic E-state index is 0.000441. The molecule has 0 radical (unpaired) electrons. The third-order valence-electron chi connectivity index (χ3n) is 5.85. The lowest BCUT2D eigenvalue weighted by Gasteiger charge is -2.20. The highest BCUT2D eigenvalue weighted by Gasteiger charge is 2.38. The van der Waals surface area contributed by atoms with Gasteiger partial charge in [-0.2, -0.15) is 15.1 Å². The number of aliphatic imine (C=N–C) groups is 1. The number of hydrogen-bond acceptors (Lipinski definition) is 8. The molecule has 1 fully saturated rings. The summed E-state index contributed by atoms with van der Waals surface area (Å²) in [5.74, 6) is 0.0369. The molecule has 8 nitrogen and oxygen atoms in total. The molecule has 174 valence electrons. The number of nitrogens with zero attached hydrogens (tertiary/aromatic N) is 3. The molecule has 0 bridgehead atoms. The van der Waals surface area contributed by atoms with Crippen LogP contribution in [0.1, 0.15) is 47.3 Å². The summed E-state index contributed by atoms with van der Waals surface area (Å²) in [6.45, 7) is 0. The number of esters is 1. The molecule has 1 N–H and O–H groups in total. The van der Waals surface area contributed by atoms with Crippen LogP contribution in [0.2, 0.25) is 0 Å². The van der Waals surface area contributed by atoms with Crippen molar-refractivity contribution in [3.05, 3.63) is 51.7 Å². The first-order valence-corrected chi connectivity index (χ1v) is 12.7. The fourth-order valence-corrected chi connectivity index (χ4v) is 5.75. The minimum Gasteiger partial charge on any atom is -0.493 e. The Labute approximate surface area is 204 Å². The van der Waals surface area contributed by atoms with Gasteiger partial charge in [0.25, 0.3) is 5.91 Å². The van der Waals surface area contributed by atoms with Crippen LogP contribution in [0.5, 0.6) is 11.5 Å². The van der Waals surface area contributed by atoms with Crippen LogP contribution in [0.25, 0.3) is 6.08 Å². The quantitative estimate of drug-likeness (QED) is 0.349. The van der Waals surface area contributed by atoms with Crippen LogP contribution in [0.3, 0.4) is 0 Å². The number of carbonyl (C=O) groups is 2. The Kier molecular flexibility index (Phi) is 6.34. The average Bonchev–Trinajstić information content (AvgIpc) is 3.54. The van der Waals surface area contributed by atoms with Crippen LogP contribution in [0, 0.1) is 11.3 Å². The Balaban J connectivity index is 1.38. The molecule has 0 saturated heterocycles. The van der Waals surface area contributed by atoms with Gasteiger partial charge in [-0.15, -0.1) is 11.3 Å². The van der Waals surface area contributed by atoms with E-state index in [1.807, 2.05) is 0 Å². The van der Waals surface area contributed by atoms with Crippen molar-refractivity contribution in [2.75, 3.05) is 7.11 Å². The Morgan fingerprint density at radius 2 is 2.03 bits per heavy atom. The number of methoxy groups -OCH3 is 1. The van der Waals surface area contributed by atoms with E-state index in [1.54, 1.807) is 41.8 Å². The highest BCUT2D eigenvalue weighted by molar-refractivity contribution is 8.27. The van der Waals surface area contributed by atoms with Gasteiger partial charge in [-0.1, -0.05) is 31.4 Å². The first kappa shape index (κ1) is 22.5. The number of rotatable bonds is 5. The maximum absolute atomic E-state index is 12.7. The highest BCUT2D eigenvalue weighted by Crippen LogP contribution is 2.36. The molecule has 1 amide bonds. The van der Waals surface area contributed by atoms with Crippen LogP contribution >= 0.6 is 23.1 Å². The number of carbonyl (C=O) groups excluding carboxylic acids is 2. The zero-order chi connectivity index (χ0) is 23.7. The van der Waals surface area contributed by atoms with Gasteiger partial charge in [0.15, 0.2) is 17.3 Å². The summed E-state index contributed by atoms with van der Waals surface area (Å²) in [6, 6.07) is 8.42. The van der Waals surface area contributed by atoms with Crippen molar-refractivity contribution in [1.29, 1.82) is 5.41 Å². The summed E-state index contributed by atoms with van der Waals surface area (Å²) in [7, 11) is 1.47. The van der Waals surface area contributed by atoms with E-state index >= 15 is 0 Å². The van der Waals surface area contributed by atoms with Gasteiger partial charge in [0, 0.05) is 5.92 Å². The standard InChI is InChI=1S/C24H22N4O4S2/c1-31-18-13-14(9-10-17(18)32-23(30)19-8-5-11-33-19)12-16-20(25)28-24(26-21(16)29)34-22(27-28)15-6-3-2-4-7-15/h5,8-13,15,25H,2-4,6-7H2,1H3/b16-12+,25-20?. The third-order valence-corrected chi connectivity index (χ3v) is 7.77. The van der Waals surface area contributed by atoms with E-state index in [1.165, 1.54) is 54.5 Å². The van der Waals surface area contributed by atoms with E-state index in [4.69, 9.17) is 14.9 Å². The number of thioether (sulfide) groups is 1. The molecule has 1 aromatic carbocycles. The van der Waals surface area contributed by atoms with E-state index in [0.29, 0.717) is 27.3 Å². The van der Waals surface area contributed by atoms with Crippen LogP contribution in [0.15, 0.2) is 51.4 Å². The number of nitrogens with one attached hydrogen (secondary N) is 1. The molecule has 1 saturated carbocycles. The van der Waals surface area contributed by atoms with Gasteiger partial charge in [0.1, 0.15) is 9.92 Å². The second-order valence-corrected chi connectivity index (χ2v) is 10.0. The SMILES string of the molecule is COc1cc(/C=C2\C(=N)N3N=C(C4CCCCC4)SC3=NC2=O)ccc1OC(=O)c1cccs1. The summed E-state index contributed by atoms with van der Waals surface area (Å²) in [5, 5.41) is 17.9. The lowest BCUT2D eigenvalue weighted by molar-refractivity contribution is -0.114. The summed E-state index contributed by atoms with van der Waals surface area (Å²) < 4.78 is 10.9. The van der Waals surface area contributed by atoms with Crippen LogP contribution in [-0.2, 0) is 4.79 Å². The first-order valence-electron chi connectivity index (χ1n) is 11.0. The number of ether oxygens (including phenoxy) is 2. The fourth-order valence-electron chi connectivity index (χ4n) is 4.09. The minimum atomic E-state index is -0.476. The predicted octanol–water partition coefficient (Wildman–Crippen LogP) is 5.18. The molecule has 0 unspecified atom stereocenters. The number of hydrogen-bond donors (Lipinski definition) is 1. The fraction of sp³-hybridized carbons (Fsp3) is 0.292. The number of amides is 1. The molecule has 2 aliphatic heterocycles. The van der Waals surface area contributed by atoms with E-state index in [9.17, 15) is 9.59 Å². The number of amidine groups is 2. The first-order chi connectivity index (χ1) is 16.5. The van der Waals surface area contributed by atoms with Gasteiger partial charge < -0.3 is 9.47 Å². The van der Waals surface area contributed by atoms with Crippen LogP contribution < -0.4 is 9.47 Å². The Bertz CT molecular complexity index is 1240. The molecule has 0 spiro atoms. The molecule has 10 heteroatoms. The lowest BCUT2D eigenvalue weighted by atomic mass is 9.90. The van der Waals surface area contributed by atoms with Gasteiger partial charge in [0.2, 0.25) is 5.17 Å². The van der Waals surface area contributed by atoms with Crippen molar-refractivity contribution >= 4 is 57.1 Å². The maximum Gasteiger partial charge on any atom is 0.353 e. The van der Waals surface area contributed by atoms with E-state index in [2.05, 4.69) is 10.1 Å². The van der Waals surface area contributed by atoms with Crippen LogP contribution in [-0.4, -0.2) is 40.0 Å². The van der Waals surface area contributed by atoms with Gasteiger partial charge >= 0.3 is 5.97 Å². The molecule has 2 aromatic rings. The van der Waals surface area contributed by atoms with Crippen molar-refractivity contribution in [1.82, 2.24) is 5.01 Å². The Hall–Kier alpha value is -3.24. The average molecular weight is 495 g/mol. The predicted molar refractivity (Wildman–Crippen MR) is 134 cm³/mol. The van der Waals surface area contributed by atoms with Crippen LogP contribution in [0.4, 0.5) is 0 Å². The number of benzene rings is 1.